The van der Waals surface area contributed by atoms with E-state index in [1.807, 2.05) is 24.3 Å². The van der Waals surface area contributed by atoms with Gasteiger partial charge in [0.05, 0.1) is 5.92 Å². The molecule has 0 unspecified atom stereocenters. The molecule has 1 aromatic rings. The summed E-state index contributed by atoms with van der Waals surface area (Å²) in [7, 11) is 1.80. The number of ketones is 1. The third-order valence-electron chi connectivity index (χ3n) is 5.42. The Hall–Kier alpha value is -2.17. The smallest absolute Gasteiger partial charge is 0.229 e. The van der Waals surface area contributed by atoms with Crippen molar-refractivity contribution in [1.29, 1.82) is 0 Å². The Kier molecular flexibility index (Phi) is 5.51. The number of hydrogen-bond donors (Lipinski definition) is 1. The van der Waals surface area contributed by atoms with Gasteiger partial charge in [0.1, 0.15) is 0 Å². The van der Waals surface area contributed by atoms with Crippen molar-refractivity contribution < 1.29 is 14.4 Å². The number of likely N-dealkylation sites (N-methyl/N-ethyl adjacent to an activating group) is 1. The number of nitrogens with one attached hydrogen (secondary N) is 1. The second-order valence-electron chi connectivity index (χ2n) is 7.13. The molecule has 0 aliphatic heterocycles. The number of benzene rings is 1. The van der Waals surface area contributed by atoms with E-state index in [1.54, 1.807) is 11.9 Å². The molecule has 2 amide bonds. The Morgan fingerprint density at radius 3 is 2.68 bits per heavy atom. The summed E-state index contributed by atoms with van der Waals surface area (Å²) in [4.78, 5) is 38.3. The van der Waals surface area contributed by atoms with E-state index in [4.69, 9.17) is 0 Å². The van der Waals surface area contributed by atoms with Crippen LogP contribution in [0.25, 0.3) is 0 Å². The van der Waals surface area contributed by atoms with Gasteiger partial charge in [-0.3, -0.25) is 14.4 Å². The van der Waals surface area contributed by atoms with Crippen molar-refractivity contribution in [2.24, 2.45) is 5.92 Å². The Bertz CT molecular complexity index is 667. The molecular formula is C20H26N2O3. The molecule has 1 saturated carbocycles. The van der Waals surface area contributed by atoms with Gasteiger partial charge in [-0.2, -0.15) is 0 Å². The minimum absolute atomic E-state index is 0.0604. The van der Waals surface area contributed by atoms with Crippen LogP contribution >= 0.6 is 0 Å². The van der Waals surface area contributed by atoms with Crippen LogP contribution in [-0.4, -0.2) is 42.6 Å². The van der Waals surface area contributed by atoms with Crippen LogP contribution in [0.5, 0.6) is 0 Å². The Morgan fingerprint density at radius 2 is 1.96 bits per heavy atom. The molecule has 2 aliphatic rings. The van der Waals surface area contributed by atoms with Crippen LogP contribution in [0, 0.1) is 5.92 Å². The number of nitrogens with zero attached hydrogens (tertiary/aromatic N) is 1. The topological polar surface area (TPSA) is 66.5 Å². The lowest BCUT2D eigenvalue weighted by Crippen LogP contribution is -2.38. The summed E-state index contributed by atoms with van der Waals surface area (Å²) in [6, 6.07) is 7.43. The number of rotatable bonds is 6. The molecule has 25 heavy (non-hydrogen) atoms. The lowest BCUT2D eigenvalue weighted by atomic mass is 9.81. The number of carbonyl (C=O) groups excluding carboxylic acids is 3. The molecule has 2 aliphatic carbocycles. The summed E-state index contributed by atoms with van der Waals surface area (Å²) in [6.07, 6.45) is 4.92. The summed E-state index contributed by atoms with van der Waals surface area (Å²) >= 11 is 0. The summed E-state index contributed by atoms with van der Waals surface area (Å²) in [6.45, 7) is 1.21. The molecule has 134 valence electrons. The lowest BCUT2D eigenvalue weighted by molar-refractivity contribution is -0.131. The summed E-state index contributed by atoms with van der Waals surface area (Å²) in [5.74, 6) is 0.310. The lowest BCUT2D eigenvalue weighted by Gasteiger charge is -2.28. The van der Waals surface area contributed by atoms with E-state index in [1.165, 1.54) is 0 Å². The molecule has 0 aromatic heterocycles. The van der Waals surface area contributed by atoms with Crippen LogP contribution in [0.4, 0.5) is 0 Å². The van der Waals surface area contributed by atoms with Gasteiger partial charge in [0.25, 0.3) is 0 Å². The van der Waals surface area contributed by atoms with E-state index in [-0.39, 0.29) is 29.4 Å². The van der Waals surface area contributed by atoms with Gasteiger partial charge in [-0.1, -0.05) is 30.7 Å². The largest absolute Gasteiger partial charge is 0.356 e. The summed E-state index contributed by atoms with van der Waals surface area (Å²) < 4.78 is 0. The summed E-state index contributed by atoms with van der Waals surface area (Å²) in [5, 5.41) is 2.96. The highest BCUT2D eigenvalue weighted by Gasteiger charge is 2.31. The van der Waals surface area contributed by atoms with Crippen molar-refractivity contribution in [2.75, 3.05) is 20.1 Å². The van der Waals surface area contributed by atoms with Gasteiger partial charge in [-0.05, 0) is 31.2 Å². The predicted molar refractivity (Wildman–Crippen MR) is 95.4 cm³/mol. The van der Waals surface area contributed by atoms with Crippen LogP contribution < -0.4 is 5.32 Å². The third kappa shape index (κ3) is 3.91. The molecule has 1 atom stereocenters. The first-order chi connectivity index (χ1) is 12.1. The second kappa shape index (κ2) is 7.81. The van der Waals surface area contributed by atoms with Gasteiger partial charge in [-0.15, -0.1) is 0 Å². The van der Waals surface area contributed by atoms with Crippen molar-refractivity contribution in [1.82, 2.24) is 10.2 Å². The predicted octanol–water partition coefficient (Wildman–Crippen LogP) is 2.51. The van der Waals surface area contributed by atoms with E-state index in [9.17, 15) is 14.4 Å². The average molecular weight is 342 g/mol. The average Bonchev–Trinajstić information content (AvgIpc) is 2.57. The van der Waals surface area contributed by atoms with Crippen molar-refractivity contribution in [3.63, 3.8) is 0 Å². The van der Waals surface area contributed by atoms with Crippen LogP contribution in [0.15, 0.2) is 24.3 Å². The molecule has 1 aromatic carbocycles. The molecule has 0 saturated heterocycles. The summed E-state index contributed by atoms with van der Waals surface area (Å²) in [5.41, 5.74) is 1.54. The van der Waals surface area contributed by atoms with Crippen molar-refractivity contribution in [2.45, 2.75) is 44.4 Å². The van der Waals surface area contributed by atoms with Crippen LogP contribution in [0.3, 0.4) is 0 Å². The first kappa shape index (κ1) is 17.6. The number of hydrogen-bond acceptors (Lipinski definition) is 3. The maximum Gasteiger partial charge on any atom is 0.229 e. The van der Waals surface area contributed by atoms with E-state index < -0.39 is 0 Å². The number of Topliss-reactive ketones (excluding diaryl/α,β-unsaturated/α-hetero) is 1. The highest BCUT2D eigenvalue weighted by molar-refractivity contribution is 6.01. The zero-order chi connectivity index (χ0) is 17.8. The molecule has 5 heteroatoms. The molecule has 3 rings (SSSR count). The minimum atomic E-state index is -0.233. The molecule has 0 heterocycles. The standard InChI is InChI=1S/C20H26N2O3/c1-22(13-5-12-21-19(24)14-6-4-7-14)20(25)17-10-11-18(23)16-9-3-2-8-15(16)17/h2-3,8-9,14,17H,4-7,10-13H2,1H3,(H,21,24)/t17-/m1/s1. The Balaban J connectivity index is 1.50. The van der Waals surface area contributed by atoms with Crippen LogP contribution in [-0.2, 0) is 9.59 Å². The number of amides is 2. The van der Waals surface area contributed by atoms with E-state index in [2.05, 4.69) is 5.32 Å². The van der Waals surface area contributed by atoms with Gasteiger partial charge in [-0.25, -0.2) is 0 Å². The first-order valence-corrected chi connectivity index (χ1v) is 9.22. The zero-order valence-corrected chi connectivity index (χ0v) is 14.8. The van der Waals surface area contributed by atoms with E-state index in [0.717, 1.165) is 31.2 Å². The second-order valence-corrected chi connectivity index (χ2v) is 7.13. The van der Waals surface area contributed by atoms with Crippen molar-refractivity contribution >= 4 is 17.6 Å². The highest BCUT2D eigenvalue weighted by Crippen LogP contribution is 2.32. The fraction of sp³-hybridized carbons (Fsp3) is 0.550. The van der Waals surface area contributed by atoms with Gasteiger partial charge in [0, 0.05) is 38.0 Å². The number of carbonyl (C=O) groups is 3. The molecule has 0 spiro atoms. The first-order valence-electron chi connectivity index (χ1n) is 9.22. The van der Waals surface area contributed by atoms with Gasteiger partial charge in [0.2, 0.25) is 11.8 Å². The third-order valence-corrected chi connectivity index (χ3v) is 5.42. The van der Waals surface area contributed by atoms with Crippen LogP contribution in [0.2, 0.25) is 0 Å². The minimum Gasteiger partial charge on any atom is -0.356 e. The Labute approximate surface area is 148 Å². The Morgan fingerprint density at radius 1 is 1.20 bits per heavy atom. The quantitative estimate of drug-likeness (QED) is 0.808. The van der Waals surface area contributed by atoms with E-state index >= 15 is 0 Å². The fourth-order valence-electron chi connectivity index (χ4n) is 3.60. The van der Waals surface area contributed by atoms with Crippen molar-refractivity contribution in [3.05, 3.63) is 35.4 Å². The fourth-order valence-corrected chi connectivity index (χ4v) is 3.60. The van der Waals surface area contributed by atoms with Crippen LogP contribution in [0.1, 0.15) is 60.4 Å². The van der Waals surface area contributed by atoms with Gasteiger partial charge >= 0.3 is 0 Å². The number of fused-ring (bicyclic) bond motifs is 1. The molecular weight excluding hydrogens is 316 g/mol. The maximum atomic E-state index is 12.8. The van der Waals surface area contributed by atoms with E-state index in [0.29, 0.717) is 31.5 Å². The van der Waals surface area contributed by atoms with Crippen molar-refractivity contribution in [3.8, 4) is 0 Å². The van der Waals surface area contributed by atoms with Gasteiger partial charge in [0.15, 0.2) is 5.78 Å². The highest BCUT2D eigenvalue weighted by atomic mass is 16.2. The SMILES string of the molecule is CN(CCCNC(=O)C1CCC1)C(=O)[C@@H]1CCC(=O)c2ccccc21. The zero-order valence-electron chi connectivity index (χ0n) is 14.8. The maximum absolute atomic E-state index is 12.8. The molecule has 5 nitrogen and oxygen atoms in total. The molecule has 0 radical (unpaired) electrons. The molecule has 1 fully saturated rings. The molecule has 0 bridgehead atoms. The normalized spacial score (nSPS) is 19.7. The molecule has 1 N–H and O–H groups in total. The van der Waals surface area contributed by atoms with Gasteiger partial charge < -0.3 is 10.2 Å². The monoisotopic (exact) mass is 342 g/mol.